The molecule has 0 heterocycles. The molecule has 0 aromatic heterocycles. The van der Waals surface area contributed by atoms with Crippen molar-refractivity contribution in [1.29, 1.82) is 0 Å². The second kappa shape index (κ2) is 4.15. The molecule has 1 N–H and O–H groups in total. The molecule has 0 saturated heterocycles. The van der Waals surface area contributed by atoms with Crippen LogP contribution in [0, 0.1) is 5.92 Å². The summed E-state index contributed by atoms with van der Waals surface area (Å²) in [6.45, 7) is 6.65. The highest BCUT2D eigenvalue weighted by atomic mass is 14.9. The molecule has 66 valence electrons. The highest BCUT2D eigenvalue weighted by Crippen LogP contribution is 2.11. The Morgan fingerprint density at radius 2 is 1.58 bits per heavy atom. The van der Waals surface area contributed by atoms with Crippen LogP contribution in [0.25, 0.3) is 0 Å². The van der Waals surface area contributed by atoms with Gasteiger partial charge >= 0.3 is 0 Å². The van der Waals surface area contributed by atoms with Gasteiger partial charge in [-0.1, -0.05) is 32.0 Å². The Bertz CT molecular complexity index is 216. The van der Waals surface area contributed by atoms with Crippen molar-refractivity contribution in [3.05, 3.63) is 30.3 Å². The summed E-state index contributed by atoms with van der Waals surface area (Å²) in [4.78, 5) is 0. The van der Waals surface area contributed by atoms with E-state index in [1.165, 1.54) is 5.69 Å². The lowest BCUT2D eigenvalue weighted by Gasteiger charge is -2.18. The molecule has 1 aromatic rings. The maximum atomic E-state index is 3.44. The van der Waals surface area contributed by atoms with Gasteiger partial charge in [0.1, 0.15) is 0 Å². The average molecular weight is 163 g/mol. The predicted molar refractivity (Wildman–Crippen MR) is 54.4 cm³/mol. The average Bonchev–Trinajstić information content (AvgIpc) is 2.06. The summed E-state index contributed by atoms with van der Waals surface area (Å²) < 4.78 is 0. The minimum Gasteiger partial charge on any atom is -0.382 e. The number of anilines is 1. The van der Waals surface area contributed by atoms with E-state index in [-0.39, 0.29) is 0 Å². The van der Waals surface area contributed by atoms with Gasteiger partial charge in [-0.05, 0) is 25.0 Å². The second-order valence-corrected chi connectivity index (χ2v) is 3.54. The lowest BCUT2D eigenvalue weighted by molar-refractivity contribution is 0.560. The number of benzene rings is 1. The molecule has 12 heavy (non-hydrogen) atoms. The van der Waals surface area contributed by atoms with Crippen LogP contribution in [0.15, 0.2) is 30.3 Å². The molecule has 0 aliphatic rings. The summed E-state index contributed by atoms with van der Waals surface area (Å²) in [5.74, 6) is 0.671. The van der Waals surface area contributed by atoms with Gasteiger partial charge in [-0.2, -0.15) is 0 Å². The first-order chi connectivity index (χ1) is 5.70. The molecule has 1 aromatic carbocycles. The molecule has 0 fully saturated rings. The number of hydrogen-bond acceptors (Lipinski definition) is 1. The van der Waals surface area contributed by atoms with Crippen molar-refractivity contribution in [3.63, 3.8) is 0 Å². The number of para-hydroxylation sites is 1. The van der Waals surface area contributed by atoms with E-state index >= 15 is 0 Å². The van der Waals surface area contributed by atoms with Gasteiger partial charge in [-0.3, -0.25) is 0 Å². The van der Waals surface area contributed by atoms with Crippen molar-refractivity contribution >= 4 is 5.69 Å². The van der Waals surface area contributed by atoms with Gasteiger partial charge in [0, 0.05) is 11.7 Å². The van der Waals surface area contributed by atoms with Crippen molar-refractivity contribution in [2.75, 3.05) is 5.32 Å². The fourth-order valence-corrected chi connectivity index (χ4v) is 0.964. The summed E-state index contributed by atoms with van der Waals surface area (Å²) in [5.41, 5.74) is 1.21. The fourth-order valence-electron chi connectivity index (χ4n) is 0.964. The third-order valence-electron chi connectivity index (χ3n) is 2.17. The zero-order valence-electron chi connectivity index (χ0n) is 8.04. The molecule has 1 unspecified atom stereocenters. The van der Waals surface area contributed by atoms with Crippen molar-refractivity contribution in [3.8, 4) is 0 Å². The second-order valence-electron chi connectivity index (χ2n) is 3.54. The van der Waals surface area contributed by atoms with Crippen LogP contribution in [-0.4, -0.2) is 6.04 Å². The maximum absolute atomic E-state index is 3.44. The molecule has 1 nitrogen and oxygen atoms in total. The zero-order valence-corrected chi connectivity index (χ0v) is 8.04. The normalized spacial score (nSPS) is 13.0. The van der Waals surface area contributed by atoms with E-state index in [9.17, 15) is 0 Å². The molecule has 0 saturated carbocycles. The standard InChI is InChI=1S/C11H17N/c1-9(2)10(3)12-11-7-5-4-6-8-11/h4-10,12H,1-3H3. The Morgan fingerprint density at radius 1 is 1.00 bits per heavy atom. The van der Waals surface area contributed by atoms with Gasteiger partial charge in [0.2, 0.25) is 0 Å². The smallest absolute Gasteiger partial charge is 0.0342 e. The summed E-state index contributed by atoms with van der Waals surface area (Å²) in [7, 11) is 0. The topological polar surface area (TPSA) is 12.0 Å². The molecule has 1 heteroatoms. The van der Waals surface area contributed by atoms with Crippen LogP contribution in [0.2, 0.25) is 0 Å². The van der Waals surface area contributed by atoms with Crippen molar-refractivity contribution in [2.24, 2.45) is 5.92 Å². The predicted octanol–water partition coefficient (Wildman–Crippen LogP) is 3.14. The third-order valence-corrected chi connectivity index (χ3v) is 2.17. The van der Waals surface area contributed by atoms with Crippen molar-refractivity contribution in [2.45, 2.75) is 26.8 Å². The van der Waals surface area contributed by atoms with E-state index in [1.54, 1.807) is 0 Å². The molecule has 0 radical (unpaired) electrons. The number of hydrogen-bond donors (Lipinski definition) is 1. The van der Waals surface area contributed by atoms with Crippen LogP contribution in [-0.2, 0) is 0 Å². The molecule has 0 aliphatic carbocycles. The van der Waals surface area contributed by atoms with Gasteiger partial charge in [0.15, 0.2) is 0 Å². The number of rotatable bonds is 3. The SMILES string of the molecule is CC(C)C(C)Nc1ccccc1. The van der Waals surface area contributed by atoms with Gasteiger partial charge in [0.05, 0.1) is 0 Å². The van der Waals surface area contributed by atoms with E-state index in [1.807, 2.05) is 6.07 Å². The summed E-state index contributed by atoms with van der Waals surface area (Å²) >= 11 is 0. The Kier molecular flexibility index (Phi) is 3.15. The van der Waals surface area contributed by atoms with Gasteiger partial charge < -0.3 is 5.32 Å². The fraction of sp³-hybridized carbons (Fsp3) is 0.455. The highest BCUT2D eigenvalue weighted by molar-refractivity contribution is 5.43. The van der Waals surface area contributed by atoms with E-state index < -0.39 is 0 Å². The Balaban J connectivity index is 2.53. The molecule has 1 rings (SSSR count). The molecule has 1 atom stereocenters. The first-order valence-electron chi connectivity index (χ1n) is 4.51. The first kappa shape index (κ1) is 9.11. The summed E-state index contributed by atoms with van der Waals surface area (Å²) in [5, 5.41) is 3.44. The van der Waals surface area contributed by atoms with Crippen LogP contribution in [0.3, 0.4) is 0 Å². The van der Waals surface area contributed by atoms with Crippen molar-refractivity contribution < 1.29 is 0 Å². The van der Waals surface area contributed by atoms with E-state index in [0.29, 0.717) is 12.0 Å². The van der Waals surface area contributed by atoms with Gasteiger partial charge in [-0.25, -0.2) is 0 Å². The van der Waals surface area contributed by atoms with E-state index in [4.69, 9.17) is 0 Å². The Morgan fingerprint density at radius 3 is 2.08 bits per heavy atom. The van der Waals surface area contributed by atoms with E-state index in [0.717, 1.165) is 0 Å². The molecular formula is C11H17N. The summed E-state index contributed by atoms with van der Waals surface area (Å²) in [6.07, 6.45) is 0. The molecular weight excluding hydrogens is 146 g/mol. The molecule has 0 spiro atoms. The highest BCUT2D eigenvalue weighted by Gasteiger charge is 2.04. The van der Waals surface area contributed by atoms with Gasteiger partial charge in [-0.15, -0.1) is 0 Å². The van der Waals surface area contributed by atoms with Crippen molar-refractivity contribution in [1.82, 2.24) is 0 Å². The van der Waals surface area contributed by atoms with Crippen LogP contribution >= 0.6 is 0 Å². The molecule has 0 aliphatic heterocycles. The lowest BCUT2D eigenvalue weighted by Crippen LogP contribution is -2.21. The van der Waals surface area contributed by atoms with Crippen LogP contribution in [0.4, 0.5) is 5.69 Å². The monoisotopic (exact) mass is 163 g/mol. The summed E-state index contributed by atoms with van der Waals surface area (Å²) in [6, 6.07) is 10.9. The minimum atomic E-state index is 0.535. The third kappa shape index (κ3) is 2.57. The van der Waals surface area contributed by atoms with Crippen LogP contribution < -0.4 is 5.32 Å². The largest absolute Gasteiger partial charge is 0.382 e. The molecule has 0 bridgehead atoms. The Labute approximate surface area is 74.8 Å². The maximum Gasteiger partial charge on any atom is 0.0342 e. The quantitative estimate of drug-likeness (QED) is 0.721. The first-order valence-corrected chi connectivity index (χ1v) is 4.51. The molecule has 0 amide bonds. The zero-order chi connectivity index (χ0) is 8.97. The lowest BCUT2D eigenvalue weighted by atomic mass is 10.1. The van der Waals surface area contributed by atoms with Crippen LogP contribution in [0.5, 0.6) is 0 Å². The number of nitrogens with one attached hydrogen (secondary N) is 1. The van der Waals surface area contributed by atoms with E-state index in [2.05, 4.69) is 50.4 Å². The van der Waals surface area contributed by atoms with Gasteiger partial charge in [0.25, 0.3) is 0 Å². The minimum absolute atomic E-state index is 0.535. The van der Waals surface area contributed by atoms with Crippen LogP contribution in [0.1, 0.15) is 20.8 Å². The Hall–Kier alpha value is -0.980.